The van der Waals surface area contributed by atoms with E-state index in [9.17, 15) is 22.7 Å². The molecule has 1 unspecified atom stereocenters. The Labute approximate surface area is 204 Å². The second-order valence-electron chi connectivity index (χ2n) is 10.3. The summed E-state index contributed by atoms with van der Waals surface area (Å²) in [5.74, 6) is 0.130. The predicted octanol–water partition coefficient (Wildman–Crippen LogP) is 4.13. The van der Waals surface area contributed by atoms with Gasteiger partial charge in [0.05, 0.1) is 28.7 Å². The third-order valence-corrected chi connectivity index (χ3v) is 8.66. The highest BCUT2D eigenvalue weighted by atomic mass is 32.2. The predicted molar refractivity (Wildman–Crippen MR) is 131 cm³/mol. The van der Waals surface area contributed by atoms with Crippen molar-refractivity contribution in [3.8, 4) is 17.0 Å². The number of carbonyl (C=O) groups is 1. The number of ketones is 1. The molecule has 10 heteroatoms. The van der Waals surface area contributed by atoms with E-state index in [1.165, 1.54) is 13.1 Å². The Morgan fingerprint density at radius 1 is 1.29 bits per heavy atom. The number of Topliss-reactive ketones (excluding diaryl/α,β-unsaturated/α-hetero) is 1. The summed E-state index contributed by atoms with van der Waals surface area (Å²) in [7, 11) is -3.07. The molecule has 1 aromatic carbocycles. The lowest BCUT2D eigenvalue weighted by molar-refractivity contribution is 0.0276. The molecule has 4 rings (SSSR count). The standard InChI is InChI=1S/C25H30FN3O5S/c1-15(24(3,4)31)29-20-10-18(21(30)11-25(5)13-35(32,33)14-25)12-27-23(20)22(28-29)17-7-6-8-19(9-17)34-16(2)26/h6-10,12,15-16,31H,11,13-14H2,1-5H3/t15-,16?/m0/s1. The molecule has 0 amide bonds. The average molecular weight is 504 g/mol. The van der Waals surface area contributed by atoms with Gasteiger partial charge >= 0.3 is 0 Å². The number of pyridine rings is 1. The van der Waals surface area contributed by atoms with Gasteiger partial charge in [0.2, 0.25) is 6.36 Å². The van der Waals surface area contributed by atoms with Crippen LogP contribution in [-0.2, 0) is 9.84 Å². The first-order valence-electron chi connectivity index (χ1n) is 11.4. The zero-order valence-corrected chi connectivity index (χ0v) is 21.3. The lowest BCUT2D eigenvalue weighted by atomic mass is 9.86. The molecule has 2 aromatic heterocycles. The van der Waals surface area contributed by atoms with Gasteiger partial charge in [-0.1, -0.05) is 19.1 Å². The van der Waals surface area contributed by atoms with Crippen LogP contribution in [-0.4, -0.2) is 57.5 Å². The van der Waals surface area contributed by atoms with E-state index in [1.54, 1.807) is 55.8 Å². The number of fused-ring (bicyclic) bond motifs is 1. The minimum absolute atomic E-state index is 0.00482. The Hall–Kier alpha value is -2.85. The Morgan fingerprint density at radius 2 is 1.97 bits per heavy atom. The smallest absolute Gasteiger partial charge is 0.235 e. The van der Waals surface area contributed by atoms with Gasteiger partial charge in [0.15, 0.2) is 15.6 Å². The molecule has 0 bridgehead atoms. The van der Waals surface area contributed by atoms with Crippen molar-refractivity contribution in [2.75, 3.05) is 11.5 Å². The number of hydrogen-bond donors (Lipinski definition) is 1. The molecule has 0 spiro atoms. The zero-order valence-electron chi connectivity index (χ0n) is 20.4. The molecule has 1 aliphatic rings. The monoisotopic (exact) mass is 503 g/mol. The molecule has 3 heterocycles. The highest BCUT2D eigenvalue weighted by Gasteiger charge is 2.45. The molecular weight excluding hydrogens is 473 g/mol. The highest BCUT2D eigenvalue weighted by Crippen LogP contribution is 2.38. The Kier molecular flexibility index (Phi) is 6.25. The number of ether oxygens (including phenoxy) is 1. The SMILES string of the molecule is CC(F)Oc1cccc(-c2nn([C@@H](C)C(C)(C)O)c3cc(C(=O)CC4(C)CS(=O)(=O)C4)cnc23)c1. The lowest BCUT2D eigenvalue weighted by Crippen LogP contribution is -2.47. The van der Waals surface area contributed by atoms with Gasteiger partial charge in [-0.05, 0) is 39.0 Å². The van der Waals surface area contributed by atoms with Gasteiger partial charge in [0, 0.05) is 36.1 Å². The van der Waals surface area contributed by atoms with Crippen molar-refractivity contribution in [1.29, 1.82) is 0 Å². The number of alkyl halides is 1. The normalized spacial score (nSPS) is 18.6. The van der Waals surface area contributed by atoms with Crippen LogP contribution in [0.3, 0.4) is 0 Å². The van der Waals surface area contributed by atoms with Crippen LogP contribution in [0.5, 0.6) is 5.75 Å². The minimum atomic E-state index is -3.07. The van der Waals surface area contributed by atoms with Crippen molar-refractivity contribution >= 4 is 26.7 Å². The van der Waals surface area contributed by atoms with E-state index in [-0.39, 0.29) is 23.7 Å². The molecule has 0 radical (unpaired) electrons. The van der Waals surface area contributed by atoms with Crippen LogP contribution in [0.2, 0.25) is 0 Å². The van der Waals surface area contributed by atoms with Gasteiger partial charge in [0.1, 0.15) is 17.0 Å². The third-order valence-electron chi connectivity index (χ3n) is 6.39. The molecule has 0 saturated carbocycles. The maximum absolute atomic E-state index is 13.4. The number of hydrogen-bond acceptors (Lipinski definition) is 7. The lowest BCUT2D eigenvalue weighted by Gasteiger charge is -2.37. The molecule has 0 aliphatic carbocycles. The van der Waals surface area contributed by atoms with Crippen LogP contribution in [0.25, 0.3) is 22.3 Å². The van der Waals surface area contributed by atoms with Gasteiger partial charge in [-0.3, -0.25) is 14.5 Å². The molecule has 8 nitrogen and oxygen atoms in total. The van der Waals surface area contributed by atoms with Gasteiger partial charge < -0.3 is 9.84 Å². The fourth-order valence-electron chi connectivity index (χ4n) is 4.48. The first-order valence-corrected chi connectivity index (χ1v) is 13.3. The Morgan fingerprint density at radius 3 is 2.57 bits per heavy atom. The number of sulfone groups is 1. The maximum Gasteiger partial charge on any atom is 0.235 e. The number of carbonyl (C=O) groups excluding carboxylic acids is 1. The van der Waals surface area contributed by atoms with Crippen molar-refractivity contribution in [2.24, 2.45) is 5.41 Å². The first kappa shape index (κ1) is 25.2. The molecule has 3 aromatic rings. The van der Waals surface area contributed by atoms with Crippen molar-refractivity contribution in [3.63, 3.8) is 0 Å². The fourth-order valence-corrected chi connectivity index (χ4v) is 6.72. The zero-order chi connectivity index (χ0) is 25.8. The summed E-state index contributed by atoms with van der Waals surface area (Å²) in [6.45, 7) is 8.24. The second-order valence-corrected chi connectivity index (χ2v) is 12.4. The number of benzene rings is 1. The Bertz CT molecular complexity index is 1380. The van der Waals surface area contributed by atoms with Crippen LogP contribution in [0.15, 0.2) is 36.5 Å². The van der Waals surface area contributed by atoms with Crippen LogP contribution in [0, 0.1) is 5.41 Å². The topological polar surface area (TPSA) is 111 Å². The quantitative estimate of drug-likeness (QED) is 0.460. The summed E-state index contributed by atoms with van der Waals surface area (Å²) in [4.78, 5) is 17.6. The van der Waals surface area contributed by atoms with E-state index in [0.29, 0.717) is 33.6 Å². The number of aliphatic hydroxyl groups is 1. The number of rotatable bonds is 8. The molecular formula is C25H30FN3O5S. The van der Waals surface area contributed by atoms with Gasteiger partial charge in [-0.25, -0.2) is 12.8 Å². The van der Waals surface area contributed by atoms with E-state index < -0.39 is 33.3 Å². The maximum atomic E-state index is 13.4. The van der Waals surface area contributed by atoms with E-state index in [0.717, 1.165) is 0 Å². The van der Waals surface area contributed by atoms with Crippen molar-refractivity contribution < 1.29 is 27.4 Å². The molecule has 1 N–H and O–H groups in total. The van der Waals surface area contributed by atoms with E-state index in [2.05, 4.69) is 4.98 Å². The summed E-state index contributed by atoms with van der Waals surface area (Å²) in [6.07, 6.45) is 0.0894. The molecule has 1 saturated heterocycles. The third kappa shape index (κ3) is 5.23. The van der Waals surface area contributed by atoms with Gasteiger partial charge in [-0.15, -0.1) is 0 Å². The number of aromatic nitrogens is 3. The molecule has 35 heavy (non-hydrogen) atoms. The first-order chi connectivity index (χ1) is 16.2. The summed E-state index contributed by atoms with van der Waals surface area (Å²) < 4.78 is 43.5. The second kappa shape index (κ2) is 8.67. The van der Waals surface area contributed by atoms with Gasteiger partial charge in [0.25, 0.3) is 0 Å². The minimum Gasteiger partial charge on any atom is -0.461 e. The van der Waals surface area contributed by atoms with E-state index in [4.69, 9.17) is 9.84 Å². The molecule has 188 valence electrons. The summed E-state index contributed by atoms with van der Waals surface area (Å²) >= 11 is 0. The molecule has 2 atom stereocenters. The molecule has 1 aliphatic heterocycles. The summed E-state index contributed by atoms with van der Waals surface area (Å²) in [5.41, 5.74) is 0.862. The van der Waals surface area contributed by atoms with Crippen LogP contribution < -0.4 is 4.74 Å². The van der Waals surface area contributed by atoms with Crippen molar-refractivity contribution in [3.05, 3.63) is 42.1 Å². The number of halogens is 1. The van der Waals surface area contributed by atoms with Crippen molar-refractivity contribution in [1.82, 2.24) is 14.8 Å². The fraction of sp³-hybridized carbons (Fsp3) is 0.480. The Balaban J connectivity index is 1.78. The van der Waals surface area contributed by atoms with Crippen LogP contribution >= 0.6 is 0 Å². The van der Waals surface area contributed by atoms with Crippen molar-refractivity contribution in [2.45, 2.75) is 59.0 Å². The average Bonchev–Trinajstić information content (AvgIpc) is 3.09. The van der Waals surface area contributed by atoms with Crippen LogP contribution in [0.1, 0.15) is 57.4 Å². The van der Waals surface area contributed by atoms with Gasteiger partial charge in [-0.2, -0.15) is 5.10 Å². The van der Waals surface area contributed by atoms with E-state index >= 15 is 0 Å². The largest absolute Gasteiger partial charge is 0.461 e. The van der Waals surface area contributed by atoms with E-state index in [1.807, 2.05) is 6.92 Å². The molecule has 1 fully saturated rings. The van der Waals surface area contributed by atoms with Crippen LogP contribution in [0.4, 0.5) is 4.39 Å². The summed E-state index contributed by atoms with van der Waals surface area (Å²) in [5, 5.41) is 15.4. The summed E-state index contributed by atoms with van der Waals surface area (Å²) in [6, 6.07) is 8.05. The number of nitrogens with zero attached hydrogens (tertiary/aromatic N) is 3. The highest BCUT2D eigenvalue weighted by molar-refractivity contribution is 7.92.